The Morgan fingerprint density at radius 2 is 0.885 bits per heavy atom. The van der Waals surface area contributed by atoms with Crippen molar-refractivity contribution >= 4 is 17.8 Å². The van der Waals surface area contributed by atoms with Crippen LogP contribution in [0.1, 0.15) is 187 Å². The maximum absolute atomic E-state index is 13.7. The summed E-state index contributed by atoms with van der Waals surface area (Å²) in [5, 5.41) is 0. The molecule has 0 saturated heterocycles. The summed E-state index contributed by atoms with van der Waals surface area (Å²) in [4.78, 5) is 42.0. The van der Waals surface area contributed by atoms with E-state index in [9.17, 15) is 14.4 Å². The minimum Gasteiger partial charge on any atom is -0.464 e. The van der Waals surface area contributed by atoms with Crippen LogP contribution in [-0.2, 0) is 30.3 Å². The number of hydrogen-bond acceptors (Lipinski definition) is 6. The molecular weight excluding hydrogens is 649 g/mol. The van der Waals surface area contributed by atoms with E-state index in [0.717, 1.165) is 82.6 Å². The minimum atomic E-state index is -0.744. The van der Waals surface area contributed by atoms with E-state index in [4.69, 9.17) is 15.2 Å². The van der Waals surface area contributed by atoms with E-state index in [1.165, 1.54) is 77.0 Å². The van der Waals surface area contributed by atoms with Crippen molar-refractivity contribution in [1.29, 1.82) is 0 Å². The Morgan fingerprint density at radius 1 is 0.538 bits per heavy atom. The normalized spacial score (nSPS) is 12.0. The zero-order valence-corrected chi connectivity index (χ0v) is 34.2. The molecule has 1 amide bonds. The summed E-state index contributed by atoms with van der Waals surface area (Å²) in [5.41, 5.74) is 7.45. The van der Waals surface area contributed by atoms with E-state index in [1.54, 1.807) is 4.90 Å². The van der Waals surface area contributed by atoms with Gasteiger partial charge >= 0.3 is 11.9 Å². The van der Waals surface area contributed by atoms with Gasteiger partial charge in [0, 0.05) is 0 Å². The van der Waals surface area contributed by atoms with Crippen molar-refractivity contribution in [2.24, 2.45) is 17.6 Å². The molecule has 300 valence electrons. The Balaban J connectivity index is 2.87. The van der Waals surface area contributed by atoms with E-state index in [2.05, 4.69) is 27.7 Å². The van der Waals surface area contributed by atoms with E-state index in [-0.39, 0.29) is 56.0 Å². The lowest BCUT2D eigenvalue weighted by Gasteiger charge is -2.26. The number of unbranched alkanes of at least 4 members (excludes halogenated alkanes) is 16. The molecule has 52 heavy (non-hydrogen) atoms. The second-order valence-electron chi connectivity index (χ2n) is 15.2. The van der Waals surface area contributed by atoms with Crippen LogP contribution in [-0.4, -0.2) is 55.1 Å². The van der Waals surface area contributed by atoms with E-state index >= 15 is 0 Å². The zero-order valence-electron chi connectivity index (χ0n) is 34.2. The molecule has 0 saturated carbocycles. The Bertz CT molecular complexity index is 925. The summed E-state index contributed by atoms with van der Waals surface area (Å²) in [6.45, 7) is 9.53. The van der Waals surface area contributed by atoms with Gasteiger partial charge in [-0.25, -0.2) is 0 Å². The van der Waals surface area contributed by atoms with Crippen LogP contribution in [0.4, 0.5) is 0 Å². The van der Waals surface area contributed by atoms with E-state index in [1.807, 2.05) is 30.3 Å². The number of esters is 2. The maximum Gasteiger partial charge on any atom is 0.308 e. The van der Waals surface area contributed by atoms with E-state index < -0.39 is 6.04 Å². The number of nitrogens with two attached hydrogens (primary N) is 1. The van der Waals surface area contributed by atoms with Crippen LogP contribution in [0.15, 0.2) is 30.3 Å². The van der Waals surface area contributed by atoms with Crippen molar-refractivity contribution in [2.45, 2.75) is 194 Å². The molecule has 0 aliphatic rings. The van der Waals surface area contributed by atoms with Crippen LogP contribution < -0.4 is 5.73 Å². The van der Waals surface area contributed by atoms with Crippen LogP contribution in [0.3, 0.4) is 0 Å². The van der Waals surface area contributed by atoms with Crippen LogP contribution in [0.2, 0.25) is 0 Å². The molecule has 0 radical (unpaired) electrons. The molecule has 0 heterocycles. The smallest absolute Gasteiger partial charge is 0.308 e. The third kappa shape index (κ3) is 24.0. The summed E-state index contributed by atoms with van der Waals surface area (Å²) < 4.78 is 11.7. The summed E-state index contributed by atoms with van der Waals surface area (Å²) >= 11 is 0. The maximum atomic E-state index is 13.7. The molecule has 0 fully saturated rings. The summed E-state index contributed by atoms with van der Waals surface area (Å²) in [6.07, 6.45) is 27.1. The first kappa shape index (κ1) is 47.6. The SMILES string of the molecule is CCCCCCCC(CCCCCCC)C(=O)OCCN(CCOC(=O)C(CCCCCCC)CCCCCCC)C(=O)C(N)Cc1ccccc1. The molecule has 0 aliphatic heterocycles. The lowest BCUT2D eigenvalue weighted by Crippen LogP contribution is -2.47. The van der Waals surface area contributed by atoms with Gasteiger partial charge in [-0.3, -0.25) is 14.4 Å². The first-order valence-electron chi connectivity index (χ1n) is 21.8. The Morgan fingerprint density at radius 3 is 1.23 bits per heavy atom. The number of carbonyl (C=O) groups excluding carboxylic acids is 3. The summed E-state index contributed by atoms with van der Waals surface area (Å²) in [5.74, 6) is -0.731. The first-order chi connectivity index (χ1) is 25.4. The van der Waals surface area contributed by atoms with Gasteiger partial charge in [-0.1, -0.05) is 186 Å². The fourth-order valence-corrected chi connectivity index (χ4v) is 7.01. The summed E-state index contributed by atoms with van der Waals surface area (Å²) in [6, 6.07) is 9.02. The highest BCUT2D eigenvalue weighted by Gasteiger charge is 2.25. The van der Waals surface area contributed by atoms with E-state index in [0.29, 0.717) is 6.42 Å². The van der Waals surface area contributed by atoms with Gasteiger partial charge in [0.25, 0.3) is 0 Å². The van der Waals surface area contributed by atoms with Crippen molar-refractivity contribution in [3.63, 3.8) is 0 Å². The largest absolute Gasteiger partial charge is 0.464 e. The highest BCUT2D eigenvalue weighted by Crippen LogP contribution is 2.22. The van der Waals surface area contributed by atoms with Crippen molar-refractivity contribution in [3.8, 4) is 0 Å². The molecular formula is C45H80N2O5. The molecule has 1 aromatic carbocycles. The second-order valence-corrected chi connectivity index (χ2v) is 15.2. The molecule has 0 bridgehead atoms. The Kier molecular flexibility index (Phi) is 30.4. The molecule has 0 spiro atoms. The van der Waals surface area contributed by atoms with Crippen molar-refractivity contribution in [3.05, 3.63) is 35.9 Å². The fourth-order valence-electron chi connectivity index (χ4n) is 7.01. The number of ether oxygens (including phenoxy) is 2. The molecule has 1 atom stereocenters. The van der Waals surface area contributed by atoms with Crippen LogP contribution >= 0.6 is 0 Å². The molecule has 1 unspecified atom stereocenters. The van der Waals surface area contributed by atoms with Gasteiger partial charge in [0.05, 0.1) is 31.0 Å². The molecule has 7 nitrogen and oxygen atoms in total. The average Bonchev–Trinajstić information content (AvgIpc) is 3.15. The number of hydrogen-bond donors (Lipinski definition) is 1. The minimum absolute atomic E-state index is 0.102. The summed E-state index contributed by atoms with van der Waals surface area (Å²) in [7, 11) is 0. The van der Waals surface area contributed by atoms with Gasteiger partial charge < -0.3 is 20.1 Å². The van der Waals surface area contributed by atoms with Crippen LogP contribution in [0, 0.1) is 11.8 Å². The van der Waals surface area contributed by atoms with Crippen LogP contribution in [0.25, 0.3) is 0 Å². The third-order valence-corrected chi connectivity index (χ3v) is 10.4. The predicted molar refractivity (Wildman–Crippen MR) is 217 cm³/mol. The van der Waals surface area contributed by atoms with Gasteiger partial charge in [0.15, 0.2) is 0 Å². The molecule has 7 heteroatoms. The second kappa shape index (κ2) is 33.2. The molecule has 0 aliphatic carbocycles. The van der Waals surface area contributed by atoms with Gasteiger partial charge in [-0.15, -0.1) is 0 Å². The Hall–Kier alpha value is -2.41. The zero-order chi connectivity index (χ0) is 38.1. The fraction of sp³-hybridized carbons (Fsp3) is 0.800. The lowest BCUT2D eigenvalue weighted by molar-refractivity contribution is -0.152. The highest BCUT2D eigenvalue weighted by molar-refractivity contribution is 5.82. The molecule has 1 aromatic rings. The predicted octanol–water partition coefficient (Wildman–Crippen LogP) is 11.1. The van der Waals surface area contributed by atoms with Crippen LogP contribution in [0.5, 0.6) is 0 Å². The number of nitrogens with zero attached hydrogens (tertiary/aromatic N) is 1. The standard InChI is InChI=1S/C45H80N2O5/c1-5-9-13-17-24-30-40(31-25-18-14-10-6-2)44(49)51-36-34-47(43(48)42(46)38-39-28-22-21-23-29-39)35-37-52-45(50)41(32-26-19-15-11-7-3)33-27-20-16-12-8-4/h21-23,28-29,40-42H,5-20,24-27,30-38,46H2,1-4H3. The van der Waals surface area contributed by atoms with Crippen molar-refractivity contribution in [1.82, 2.24) is 4.90 Å². The molecule has 0 aromatic heterocycles. The van der Waals surface area contributed by atoms with Crippen molar-refractivity contribution in [2.75, 3.05) is 26.3 Å². The quantitative estimate of drug-likeness (QED) is 0.0552. The number of rotatable bonds is 35. The highest BCUT2D eigenvalue weighted by atomic mass is 16.5. The number of amides is 1. The average molecular weight is 729 g/mol. The molecule has 2 N–H and O–H groups in total. The van der Waals surface area contributed by atoms with Gasteiger partial charge in [-0.05, 0) is 37.7 Å². The topological polar surface area (TPSA) is 98.9 Å². The monoisotopic (exact) mass is 729 g/mol. The molecule has 1 rings (SSSR count). The van der Waals surface area contributed by atoms with Gasteiger partial charge in [0.2, 0.25) is 5.91 Å². The lowest BCUT2D eigenvalue weighted by atomic mass is 9.94. The first-order valence-corrected chi connectivity index (χ1v) is 21.8. The number of carbonyl (C=O) groups is 3. The van der Waals surface area contributed by atoms with Gasteiger partial charge in [0.1, 0.15) is 13.2 Å². The van der Waals surface area contributed by atoms with Crippen molar-refractivity contribution < 1.29 is 23.9 Å². The Labute approximate surface area is 319 Å². The number of benzene rings is 1. The third-order valence-electron chi connectivity index (χ3n) is 10.4. The van der Waals surface area contributed by atoms with Gasteiger partial charge in [-0.2, -0.15) is 0 Å².